The van der Waals surface area contributed by atoms with Crippen LogP contribution in [0.4, 0.5) is 0 Å². The molecule has 0 amide bonds. The molecule has 0 aromatic rings. The standard InChI is InChI=1S/C12H22/c1-3-12(4-2)10-8-6-5-7-9-11-12/h3H,1,4-11H2,2H3. The molecule has 0 aromatic carbocycles. The van der Waals surface area contributed by atoms with Gasteiger partial charge in [0.15, 0.2) is 0 Å². The zero-order valence-electron chi connectivity index (χ0n) is 8.44. The number of hydrogen-bond acceptors (Lipinski definition) is 0. The molecule has 1 aliphatic carbocycles. The summed E-state index contributed by atoms with van der Waals surface area (Å²) < 4.78 is 0. The van der Waals surface area contributed by atoms with Gasteiger partial charge in [0.25, 0.3) is 0 Å². The second kappa shape index (κ2) is 4.69. The van der Waals surface area contributed by atoms with Gasteiger partial charge in [-0.1, -0.05) is 45.1 Å². The highest BCUT2D eigenvalue weighted by Crippen LogP contribution is 2.37. The third-order valence-electron chi connectivity index (χ3n) is 3.49. The van der Waals surface area contributed by atoms with Crippen LogP contribution in [-0.2, 0) is 0 Å². The Morgan fingerprint density at radius 3 is 2.00 bits per heavy atom. The van der Waals surface area contributed by atoms with E-state index in [4.69, 9.17) is 0 Å². The van der Waals surface area contributed by atoms with Crippen LogP contribution < -0.4 is 0 Å². The van der Waals surface area contributed by atoms with Crippen molar-refractivity contribution in [2.75, 3.05) is 0 Å². The molecule has 0 radical (unpaired) electrons. The summed E-state index contributed by atoms with van der Waals surface area (Å²) in [6.45, 7) is 6.31. The van der Waals surface area contributed by atoms with Gasteiger partial charge < -0.3 is 0 Å². The van der Waals surface area contributed by atoms with Crippen molar-refractivity contribution in [2.24, 2.45) is 5.41 Å². The number of rotatable bonds is 2. The van der Waals surface area contributed by atoms with Gasteiger partial charge in [-0.25, -0.2) is 0 Å². The summed E-state index contributed by atoms with van der Waals surface area (Å²) in [7, 11) is 0. The zero-order valence-corrected chi connectivity index (χ0v) is 8.44. The van der Waals surface area contributed by atoms with Crippen LogP contribution in [0.25, 0.3) is 0 Å². The maximum absolute atomic E-state index is 4.00. The Morgan fingerprint density at radius 2 is 1.58 bits per heavy atom. The molecule has 0 spiro atoms. The van der Waals surface area contributed by atoms with E-state index in [1.165, 1.54) is 51.4 Å². The summed E-state index contributed by atoms with van der Waals surface area (Å²) >= 11 is 0. The highest BCUT2D eigenvalue weighted by molar-refractivity contribution is 4.94. The van der Waals surface area contributed by atoms with E-state index in [9.17, 15) is 0 Å². The van der Waals surface area contributed by atoms with Crippen molar-refractivity contribution in [3.05, 3.63) is 12.7 Å². The van der Waals surface area contributed by atoms with Crippen molar-refractivity contribution in [1.82, 2.24) is 0 Å². The summed E-state index contributed by atoms with van der Waals surface area (Å²) in [6, 6.07) is 0. The molecule has 0 aliphatic heterocycles. The Kier molecular flexibility index (Phi) is 3.84. The Balaban J connectivity index is 2.51. The quantitative estimate of drug-likeness (QED) is 0.536. The molecule has 0 bridgehead atoms. The highest BCUT2D eigenvalue weighted by Gasteiger charge is 2.24. The average molecular weight is 166 g/mol. The fourth-order valence-corrected chi connectivity index (χ4v) is 2.31. The van der Waals surface area contributed by atoms with Crippen molar-refractivity contribution in [3.63, 3.8) is 0 Å². The molecule has 0 aromatic heterocycles. The summed E-state index contributed by atoms with van der Waals surface area (Å²) in [4.78, 5) is 0. The number of hydrogen-bond donors (Lipinski definition) is 0. The van der Waals surface area contributed by atoms with E-state index in [0.717, 1.165) is 0 Å². The monoisotopic (exact) mass is 166 g/mol. The smallest absolute Gasteiger partial charge is 0.0124 e. The van der Waals surface area contributed by atoms with E-state index in [1.807, 2.05) is 0 Å². The normalized spacial score (nSPS) is 24.1. The average Bonchev–Trinajstić information content (AvgIpc) is 2.06. The largest absolute Gasteiger partial charge is 0.103 e. The lowest BCUT2D eigenvalue weighted by atomic mass is 9.74. The molecule has 1 saturated carbocycles. The third kappa shape index (κ3) is 2.36. The van der Waals surface area contributed by atoms with Crippen molar-refractivity contribution in [2.45, 2.75) is 58.3 Å². The van der Waals surface area contributed by atoms with Crippen molar-refractivity contribution in [3.8, 4) is 0 Å². The van der Waals surface area contributed by atoms with E-state index >= 15 is 0 Å². The van der Waals surface area contributed by atoms with Crippen LogP contribution in [0.1, 0.15) is 58.3 Å². The summed E-state index contributed by atoms with van der Waals surface area (Å²) in [6.07, 6.45) is 13.4. The first kappa shape index (κ1) is 9.83. The second-order valence-corrected chi connectivity index (χ2v) is 4.19. The zero-order chi connectivity index (χ0) is 8.86. The van der Waals surface area contributed by atoms with Gasteiger partial charge in [-0.05, 0) is 24.7 Å². The SMILES string of the molecule is C=CC1(CC)CCCCCCC1. The Labute approximate surface area is 77.1 Å². The fourth-order valence-electron chi connectivity index (χ4n) is 2.31. The molecule has 1 aliphatic rings. The highest BCUT2D eigenvalue weighted by atomic mass is 14.3. The lowest BCUT2D eigenvalue weighted by Gasteiger charge is -2.31. The summed E-state index contributed by atoms with van der Waals surface area (Å²) in [5.74, 6) is 0. The van der Waals surface area contributed by atoms with E-state index in [2.05, 4.69) is 19.6 Å². The molecule has 0 atom stereocenters. The van der Waals surface area contributed by atoms with Crippen molar-refractivity contribution >= 4 is 0 Å². The molecule has 1 fully saturated rings. The van der Waals surface area contributed by atoms with Gasteiger partial charge in [0.05, 0.1) is 0 Å². The molecule has 0 saturated heterocycles. The minimum Gasteiger partial charge on any atom is -0.103 e. The molecule has 0 N–H and O–H groups in total. The van der Waals surface area contributed by atoms with Crippen molar-refractivity contribution < 1.29 is 0 Å². The maximum Gasteiger partial charge on any atom is -0.0124 e. The van der Waals surface area contributed by atoms with Crippen LogP contribution in [-0.4, -0.2) is 0 Å². The first-order chi connectivity index (χ1) is 5.83. The van der Waals surface area contributed by atoms with Gasteiger partial charge in [-0.2, -0.15) is 0 Å². The maximum atomic E-state index is 4.00. The molecule has 0 nitrogen and oxygen atoms in total. The molecule has 0 heterocycles. The second-order valence-electron chi connectivity index (χ2n) is 4.19. The van der Waals surface area contributed by atoms with Gasteiger partial charge in [0.2, 0.25) is 0 Å². The predicted molar refractivity (Wildman–Crippen MR) is 55.2 cm³/mol. The fraction of sp³-hybridized carbons (Fsp3) is 0.833. The lowest BCUT2D eigenvalue weighted by molar-refractivity contribution is 0.270. The van der Waals surface area contributed by atoms with Gasteiger partial charge >= 0.3 is 0 Å². The van der Waals surface area contributed by atoms with E-state index in [0.29, 0.717) is 5.41 Å². The van der Waals surface area contributed by atoms with Crippen LogP contribution in [0.3, 0.4) is 0 Å². The Bertz CT molecular complexity index is 127. The van der Waals surface area contributed by atoms with Crippen LogP contribution >= 0.6 is 0 Å². The molecular formula is C12H22. The van der Waals surface area contributed by atoms with Crippen LogP contribution in [0, 0.1) is 5.41 Å². The van der Waals surface area contributed by atoms with Crippen LogP contribution in [0.2, 0.25) is 0 Å². The lowest BCUT2D eigenvalue weighted by Crippen LogP contribution is -2.17. The van der Waals surface area contributed by atoms with Crippen LogP contribution in [0.15, 0.2) is 12.7 Å². The predicted octanol–water partition coefficient (Wildman–Crippen LogP) is 4.31. The first-order valence-electron chi connectivity index (χ1n) is 5.46. The molecular weight excluding hydrogens is 144 g/mol. The van der Waals surface area contributed by atoms with Gasteiger partial charge in [-0.15, -0.1) is 6.58 Å². The third-order valence-corrected chi connectivity index (χ3v) is 3.49. The molecule has 0 unspecified atom stereocenters. The first-order valence-corrected chi connectivity index (χ1v) is 5.46. The topological polar surface area (TPSA) is 0 Å². The molecule has 1 rings (SSSR count). The molecule has 70 valence electrons. The van der Waals surface area contributed by atoms with E-state index < -0.39 is 0 Å². The Morgan fingerprint density at radius 1 is 1.08 bits per heavy atom. The van der Waals surface area contributed by atoms with Gasteiger partial charge in [0.1, 0.15) is 0 Å². The van der Waals surface area contributed by atoms with E-state index in [-0.39, 0.29) is 0 Å². The molecule has 0 heteroatoms. The van der Waals surface area contributed by atoms with Gasteiger partial charge in [-0.3, -0.25) is 0 Å². The van der Waals surface area contributed by atoms with Gasteiger partial charge in [0, 0.05) is 0 Å². The Hall–Kier alpha value is -0.260. The minimum absolute atomic E-state index is 0.500. The van der Waals surface area contributed by atoms with E-state index in [1.54, 1.807) is 0 Å². The van der Waals surface area contributed by atoms with Crippen molar-refractivity contribution in [1.29, 1.82) is 0 Å². The molecule has 12 heavy (non-hydrogen) atoms. The van der Waals surface area contributed by atoms with Crippen LogP contribution in [0.5, 0.6) is 0 Å². The summed E-state index contributed by atoms with van der Waals surface area (Å²) in [5, 5.41) is 0. The minimum atomic E-state index is 0.500. The number of allylic oxidation sites excluding steroid dienone is 1. The summed E-state index contributed by atoms with van der Waals surface area (Å²) in [5.41, 5.74) is 0.500.